The van der Waals surface area contributed by atoms with E-state index in [9.17, 15) is 0 Å². The molecule has 1 aliphatic carbocycles. The molecule has 22 heavy (non-hydrogen) atoms. The molecule has 1 saturated carbocycles. The fourth-order valence-electron chi connectivity index (χ4n) is 5.34. The smallest absolute Gasteiger partial charge is 0.113 e. The molecule has 3 aliphatic rings. The van der Waals surface area contributed by atoms with Crippen LogP contribution in [0.15, 0.2) is 30.3 Å². The van der Waals surface area contributed by atoms with Crippen LogP contribution in [0.2, 0.25) is 0 Å². The van der Waals surface area contributed by atoms with Crippen molar-refractivity contribution in [2.45, 2.75) is 57.8 Å². The Hall–Kier alpha value is -0.900. The Balaban J connectivity index is 1.79. The highest BCUT2D eigenvalue weighted by Gasteiger charge is 2.78. The first-order valence-corrected chi connectivity index (χ1v) is 8.63. The van der Waals surface area contributed by atoms with Gasteiger partial charge in [0.05, 0.1) is 6.04 Å². The zero-order chi connectivity index (χ0) is 15.7. The Morgan fingerprint density at radius 2 is 1.91 bits per heavy atom. The van der Waals surface area contributed by atoms with Gasteiger partial charge in [0.2, 0.25) is 0 Å². The third kappa shape index (κ3) is 1.79. The first-order valence-electron chi connectivity index (χ1n) is 8.63. The molecule has 0 bridgehead atoms. The maximum Gasteiger partial charge on any atom is 0.113 e. The summed E-state index contributed by atoms with van der Waals surface area (Å²) in [6, 6.07) is 12.5. The molecule has 0 amide bonds. The van der Waals surface area contributed by atoms with Crippen molar-refractivity contribution >= 4 is 0 Å². The van der Waals surface area contributed by atoms with Crippen LogP contribution in [0.25, 0.3) is 0 Å². The van der Waals surface area contributed by atoms with E-state index in [0.717, 1.165) is 6.54 Å². The fraction of sp³-hybridized carbons (Fsp3) is 0.684. The van der Waals surface area contributed by atoms with E-state index in [4.69, 9.17) is 4.84 Å². The van der Waals surface area contributed by atoms with Crippen molar-refractivity contribution in [3.05, 3.63) is 35.9 Å². The van der Waals surface area contributed by atoms with Crippen LogP contribution in [0, 0.1) is 11.3 Å². The minimum atomic E-state index is 0.0726. The summed E-state index contributed by atoms with van der Waals surface area (Å²) in [6.07, 6.45) is 1.20. The molecule has 3 heteroatoms. The summed E-state index contributed by atoms with van der Waals surface area (Å²) in [6.45, 7) is 10.6. The molecule has 2 heterocycles. The maximum atomic E-state index is 6.46. The topological polar surface area (TPSA) is 15.7 Å². The first kappa shape index (κ1) is 14.7. The average Bonchev–Trinajstić information content (AvgIpc) is 2.98. The SMILES string of the molecule is CCN1C(C(C)(C)C)C2C(c3ccccc3)N(C)OC23CC13. The van der Waals surface area contributed by atoms with Crippen molar-refractivity contribution in [3.8, 4) is 0 Å². The van der Waals surface area contributed by atoms with Gasteiger partial charge in [0.15, 0.2) is 0 Å². The number of piperidine rings is 1. The predicted molar refractivity (Wildman–Crippen MR) is 88.3 cm³/mol. The van der Waals surface area contributed by atoms with Gasteiger partial charge in [-0.3, -0.25) is 9.74 Å². The molecule has 1 aromatic rings. The van der Waals surface area contributed by atoms with Gasteiger partial charge in [0.1, 0.15) is 5.60 Å². The standard InChI is InChI=1S/C19H28N2O/c1-6-21-14-12-19(14)15(17(21)18(2,3)4)16(20(5)22-19)13-10-8-7-9-11-13/h7-11,14-17H,6,12H2,1-5H3. The molecule has 1 aromatic carbocycles. The van der Waals surface area contributed by atoms with Gasteiger partial charge in [-0.2, -0.15) is 5.06 Å². The van der Waals surface area contributed by atoms with Crippen molar-refractivity contribution in [1.29, 1.82) is 0 Å². The van der Waals surface area contributed by atoms with Crippen molar-refractivity contribution < 1.29 is 4.84 Å². The Kier molecular flexibility index (Phi) is 3.04. The average molecular weight is 300 g/mol. The monoisotopic (exact) mass is 300 g/mol. The number of benzene rings is 1. The molecule has 0 aromatic heterocycles. The largest absolute Gasteiger partial charge is 0.294 e. The van der Waals surface area contributed by atoms with Gasteiger partial charge in [-0.25, -0.2) is 0 Å². The van der Waals surface area contributed by atoms with Crippen molar-refractivity contribution in [2.24, 2.45) is 11.3 Å². The van der Waals surface area contributed by atoms with Gasteiger partial charge in [0, 0.05) is 25.0 Å². The van der Waals surface area contributed by atoms with Gasteiger partial charge >= 0.3 is 0 Å². The van der Waals surface area contributed by atoms with Gasteiger partial charge in [-0.1, -0.05) is 58.0 Å². The minimum absolute atomic E-state index is 0.0726. The van der Waals surface area contributed by atoms with Crippen molar-refractivity contribution in [2.75, 3.05) is 13.6 Å². The summed E-state index contributed by atoms with van der Waals surface area (Å²) < 4.78 is 0. The predicted octanol–water partition coefficient (Wildman–Crippen LogP) is 3.48. The molecule has 2 saturated heterocycles. The third-order valence-electron chi connectivity index (χ3n) is 6.02. The Labute approximate surface area is 134 Å². The van der Waals surface area contributed by atoms with Crippen LogP contribution in [-0.2, 0) is 4.84 Å². The molecule has 3 nitrogen and oxygen atoms in total. The van der Waals surface area contributed by atoms with E-state index in [2.05, 4.69) is 75.0 Å². The van der Waals surface area contributed by atoms with E-state index >= 15 is 0 Å². The lowest BCUT2D eigenvalue weighted by atomic mass is 9.73. The Morgan fingerprint density at radius 1 is 1.23 bits per heavy atom. The van der Waals surface area contributed by atoms with Crippen molar-refractivity contribution in [1.82, 2.24) is 9.96 Å². The molecule has 120 valence electrons. The van der Waals surface area contributed by atoms with Gasteiger partial charge in [0.25, 0.3) is 0 Å². The first-order chi connectivity index (χ1) is 10.4. The van der Waals surface area contributed by atoms with Crippen LogP contribution in [0.3, 0.4) is 0 Å². The number of nitrogens with zero attached hydrogens (tertiary/aromatic N) is 2. The van der Waals surface area contributed by atoms with Crippen LogP contribution in [-0.4, -0.2) is 41.2 Å². The number of likely N-dealkylation sites (tertiary alicyclic amines) is 1. The van der Waals surface area contributed by atoms with Crippen LogP contribution in [0.4, 0.5) is 0 Å². The van der Waals surface area contributed by atoms with Gasteiger partial charge in [-0.05, 0) is 23.9 Å². The van der Waals surface area contributed by atoms with Gasteiger partial charge < -0.3 is 0 Å². The molecule has 4 rings (SSSR count). The highest BCUT2D eigenvalue weighted by atomic mass is 16.7. The summed E-state index contributed by atoms with van der Waals surface area (Å²) in [7, 11) is 2.12. The molecular formula is C19H28N2O. The summed E-state index contributed by atoms with van der Waals surface area (Å²) in [5, 5.41) is 2.14. The second-order valence-electron chi connectivity index (χ2n) is 8.33. The molecule has 5 atom stereocenters. The summed E-state index contributed by atoms with van der Waals surface area (Å²) in [5.41, 5.74) is 1.73. The zero-order valence-electron chi connectivity index (χ0n) is 14.4. The number of rotatable bonds is 2. The van der Waals surface area contributed by atoms with Crippen molar-refractivity contribution in [3.63, 3.8) is 0 Å². The lowest BCUT2D eigenvalue weighted by Gasteiger charge is -2.42. The summed E-state index contributed by atoms with van der Waals surface area (Å²) in [5.74, 6) is 0.560. The van der Waals surface area contributed by atoms with E-state index in [1.54, 1.807) is 0 Å². The van der Waals surface area contributed by atoms with E-state index < -0.39 is 0 Å². The fourth-order valence-corrected chi connectivity index (χ4v) is 5.34. The van der Waals surface area contributed by atoms with Crippen LogP contribution < -0.4 is 0 Å². The Morgan fingerprint density at radius 3 is 2.50 bits per heavy atom. The van der Waals surface area contributed by atoms with E-state index in [1.807, 2.05) is 0 Å². The molecule has 5 unspecified atom stereocenters. The second kappa shape index (κ2) is 4.56. The molecular weight excluding hydrogens is 272 g/mol. The third-order valence-corrected chi connectivity index (χ3v) is 6.02. The zero-order valence-corrected chi connectivity index (χ0v) is 14.4. The lowest BCUT2D eigenvalue weighted by molar-refractivity contribution is -0.158. The summed E-state index contributed by atoms with van der Waals surface area (Å²) in [4.78, 5) is 9.18. The molecule has 1 spiro atoms. The number of likely N-dealkylation sites (N-methyl/N-ethyl adjacent to an activating group) is 1. The number of hydrogen-bond acceptors (Lipinski definition) is 3. The van der Waals surface area contributed by atoms with E-state index in [-0.39, 0.29) is 11.0 Å². The Bertz CT molecular complexity index is 567. The normalized spacial score (nSPS) is 41.5. The van der Waals surface area contributed by atoms with E-state index in [0.29, 0.717) is 24.0 Å². The number of hydrogen-bond donors (Lipinski definition) is 0. The second-order valence-corrected chi connectivity index (χ2v) is 8.33. The maximum absolute atomic E-state index is 6.46. The van der Waals surface area contributed by atoms with Crippen LogP contribution >= 0.6 is 0 Å². The van der Waals surface area contributed by atoms with Crippen LogP contribution in [0.5, 0.6) is 0 Å². The lowest BCUT2D eigenvalue weighted by Crippen LogP contribution is -2.47. The quantitative estimate of drug-likeness (QED) is 0.831. The number of hydroxylamine groups is 2. The van der Waals surface area contributed by atoms with Crippen LogP contribution in [0.1, 0.15) is 45.7 Å². The molecule has 3 fully saturated rings. The molecule has 2 aliphatic heterocycles. The summed E-state index contributed by atoms with van der Waals surface area (Å²) >= 11 is 0. The molecule has 0 radical (unpaired) electrons. The minimum Gasteiger partial charge on any atom is -0.294 e. The van der Waals surface area contributed by atoms with E-state index in [1.165, 1.54) is 12.0 Å². The van der Waals surface area contributed by atoms with Gasteiger partial charge in [-0.15, -0.1) is 0 Å². The molecule has 0 N–H and O–H groups in total. The highest BCUT2D eigenvalue weighted by molar-refractivity contribution is 5.33. The highest BCUT2D eigenvalue weighted by Crippen LogP contribution is 2.68.